The number of ether oxygens (including phenoxy) is 2. The topological polar surface area (TPSA) is 80.1 Å². The second kappa shape index (κ2) is 9.93. The van der Waals surface area contributed by atoms with Gasteiger partial charge in [-0.05, 0) is 37.1 Å². The predicted molar refractivity (Wildman–Crippen MR) is 123 cm³/mol. The average Bonchev–Trinajstić information content (AvgIpc) is 3.39. The Labute approximate surface area is 193 Å². The number of morpholine rings is 2. The van der Waals surface area contributed by atoms with Gasteiger partial charge in [-0.25, -0.2) is 4.68 Å². The fourth-order valence-electron chi connectivity index (χ4n) is 4.77. The molecule has 4 heterocycles. The first-order valence-corrected chi connectivity index (χ1v) is 11.8. The van der Waals surface area contributed by atoms with Crippen LogP contribution in [-0.2, 0) is 14.3 Å². The first kappa shape index (κ1) is 21.9. The zero-order valence-electron chi connectivity index (χ0n) is 18.9. The van der Waals surface area contributed by atoms with Crippen LogP contribution in [0.15, 0.2) is 36.7 Å². The number of nitrogens with zero attached hydrogens (tertiary/aromatic N) is 5. The number of benzene rings is 1. The third-order valence-electron chi connectivity index (χ3n) is 6.77. The molecule has 1 aromatic heterocycles. The van der Waals surface area contributed by atoms with Gasteiger partial charge in [-0.3, -0.25) is 9.59 Å². The Balaban J connectivity index is 1.17. The van der Waals surface area contributed by atoms with Crippen molar-refractivity contribution in [2.75, 3.05) is 70.6 Å². The summed E-state index contributed by atoms with van der Waals surface area (Å²) in [4.78, 5) is 31.5. The summed E-state index contributed by atoms with van der Waals surface area (Å²) in [7, 11) is 0. The van der Waals surface area contributed by atoms with Crippen molar-refractivity contribution in [3.05, 3.63) is 42.2 Å². The molecule has 0 bridgehead atoms. The van der Waals surface area contributed by atoms with Crippen molar-refractivity contribution < 1.29 is 19.1 Å². The van der Waals surface area contributed by atoms with Crippen molar-refractivity contribution in [3.8, 4) is 5.69 Å². The largest absolute Gasteiger partial charge is 0.378 e. The molecule has 3 fully saturated rings. The number of anilines is 1. The Morgan fingerprint density at radius 2 is 1.36 bits per heavy atom. The van der Waals surface area contributed by atoms with E-state index in [4.69, 9.17) is 9.47 Å². The maximum absolute atomic E-state index is 12.8. The molecule has 33 heavy (non-hydrogen) atoms. The smallest absolute Gasteiger partial charge is 0.257 e. The van der Waals surface area contributed by atoms with Gasteiger partial charge in [0.15, 0.2) is 0 Å². The lowest BCUT2D eigenvalue weighted by molar-refractivity contribution is -0.140. The standard InChI is InChI=1S/C24H31N5O4/c30-23(27-9-13-32-14-10-27)19-5-7-26(8-6-19)21-1-3-22(4-2-21)29-18-20(17-25-29)24(31)28-11-15-33-16-12-28/h1-4,17-19H,5-16H2. The number of amides is 2. The summed E-state index contributed by atoms with van der Waals surface area (Å²) in [6.07, 6.45) is 5.17. The van der Waals surface area contributed by atoms with Crippen LogP contribution in [0, 0.1) is 5.92 Å². The van der Waals surface area contributed by atoms with Crippen LogP contribution < -0.4 is 4.90 Å². The predicted octanol–water partition coefficient (Wildman–Crippen LogP) is 1.42. The van der Waals surface area contributed by atoms with E-state index in [1.807, 2.05) is 17.0 Å². The van der Waals surface area contributed by atoms with Crippen LogP contribution in [0.2, 0.25) is 0 Å². The molecule has 0 aliphatic carbocycles. The Bertz CT molecular complexity index is 955. The lowest BCUT2D eigenvalue weighted by Gasteiger charge is -2.36. The third kappa shape index (κ3) is 4.89. The summed E-state index contributed by atoms with van der Waals surface area (Å²) in [5.74, 6) is 0.398. The first-order valence-electron chi connectivity index (χ1n) is 11.8. The quantitative estimate of drug-likeness (QED) is 0.697. The van der Waals surface area contributed by atoms with Crippen molar-refractivity contribution in [1.82, 2.24) is 19.6 Å². The van der Waals surface area contributed by atoms with Crippen LogP contribution in [-0.4, -0.2) is 97.1 Å². The zero-order chi connectivity index (χ0) is 22.6. The molecule has 0 spiro atoms. The van der Waals surface area contributed by atoms with Crippen molar-refractivity contribution in [3.63, 3.8) is 0 Å². The van der Waals surface area contributed by atoms with Gasteiger partial charge >= 0.3 is 0 Å². The number of rotatable bonds is 4. The van der Waals surface area contributed by atoms with Crippen molar-refractivity contribution in [2.45, 2.75) is 12.8 Å². The van der Waals surface area contributed by atoms with E-state index >= 15 is 0 Å². The zero-order valence-corrected chi connectivity index (χ0v) is 18.9. The van der Waals surface area contributed by atoms with Gasteiger partial charge < -0.3 is 24.2 Å². The molecule has 3 aliphatic heterocycles. The van der Waals surface area contributed by atoms with E-state index in [-0.39, 0.29) is 17.7 Å². The minimum absolute atomic E-state index is 0.00401. The highest BCUT2D eigenvalue weighted by Crippen LogP contribution is 2.26. The van der Waals surface area contributed by atoms with E-state index < -0.39 is 0 Å². The van der Waals surface area contributed by atoms with Crippen LogP contribution >= 0.6 is 0 Å². The highest BCUT2D eigenvalue weighted by atomic mass is 16.5. The number of carbonyl (C=O) groups excluding carboxylic acids is 2. The summed E-state index contributed by atoms with van der Waals surface area (Å²) in [6.45, 7) is 6.88. The number of hydrogen-bond donors (Lipinski definition) is 0. The maximum Gasteiger partial charge on any atom is 0.257 e. The van der Waals surface area contributed by atoms with Gasteiger partial charge in [0.2, 0.25) is 5.91 Å². The summed E-state index contributed by atoms with van der Waals surface area (Å²) < 4.78 is 12.4. The van der Waals surface area contributed by atoms with Gasteiger partial charge in [-0.2, -0.15) is 5.10 Å². The Morgan fingerprint density at radius 3 is 2.00 bits per heavy atom. The van der Waals surface area contributed by atoms with Gasteiger partial charge in [-0.1, -0.05) is 0 Å². The van der Waals surface area contributed by atoms with E-state index in [2.05, 4.69) is 22.1 Å². The van der Waals surface area contributed by atoms with E-state index in [0.717, 1.165) is 37.3 Å². The second-order valence-electron chi connectivity index (χ2n) is 8.79. The van der Waals surface area contributed by atoms with Gasteiger partial charge in [0, 0.05) is 57.1 Å². The van der Waals surface area contributed by atoms with Crippen LogP contribution in [0.1, 0.15) is 23.2 Å². The van der Waals surface area contributed by atoms with E-state index in [1.165, 1.54) is 0 Å². The summed E-state index contributed by atoms with van der Waals surface area (Å²) in [6, 6.07) is 8.22. The number of piperidine rings is 1. The highest BCUT2D eigenvalue weighted by molar-refractivity contribution is 5.93. The Morgan fingerprint density at radius 1 is 0.788 bits per heavy atom. The molecule has 1 aromatic carbocycles. The SMILES string of the molecule is O=C(c1cnn(-c2ccc(N3CCC(C(=O)N4CCOCC4)CC3)cc2)c1)N1CCOCC1. The molecule has 0 radical (unpaired) electrons. The lowest BCUT2D eigenvalue weighted by Crippen LogP contribution is -2.46. The molecule has 9 heteroatoms. The molecule has 9 nitrogen and oxygen atoms in total. The molecular formula is C24H31N5O4. The van der Waals surface area contributed by atoms with Gasteiger partial charge in [0.25, 0.3) is 5.91 Å². The molecule has 0 atom stereocenters. The van der Waals surface area contributed by atoms with Gasteiger partial charge in [0.05, 0.1) is 43.9 Å². The third-order valence-corrected chi connectivity index (χ3v) is 6.77. The van der Waals surface area contributed by atoms with Crippen LogP contribution in [0.25, 0.3) is 5.69 Å². The first-order chi connectivity index (χ1) is 16.2. The number of aromatic nitrogens is 2. The van der Waals surface area contributed by atoms with Crippen molar-refractivity contribution in [1.29, 1.82) is 0 Å². The number of carbonyl (C=O) groups is 2. The van der Waals surface area contributed by atoms with Crippen molar-refractivity contribution >= 4 is 17.5 Å². The van der Waals surface area contributed by atoms with Crippen molar-refractivity contribution in [2.24, 2.45) is 5.92 Å². The molecule has 0 unspecified atom stereocenters. The monoisotopic (exact) mass is 453 g/mol. The lowest BCUT2D eigenvalue weighted by atomic mass is 9.94. The van der Waals surface area contributed by atoms with Gasteiger partial charge in [-0.15, -0.1) is 0 Å². The maximum atomic E-state index is 12.8. The molecule has 2 aromatic rings. The normalized spacial score (nSPS) is 20.2. The summed E-state index contributed by atoms with van der Waals surface area (Å²) in [5.41, 5.74) is 2.65. The fraction of sp³-hybridized carbons (Fsp3) is 0.542. The molecule has 0 N–H and O–H groups in total. The molecule has 3 aliphatic rings. The Kier molecular flexibility index (Phi) is 6.59. The average molecular weight is 454 g/mol. The second-order valence-corrected chi connectivity index (χ2v) is 8.79. The summed E-state index contributed by atoms with van der Waals surface area (Å²) >= 11 is 0. The van der Waals surface area contributed by atoms with Gasteiger partial charge in [0.1, 0.15) is 0 Å². The van der Waals surface area contributed by atoms with Crippen LogP contribution in [0.5, 0.6) is 0 Å². The minimum atomic E-state index is -0.00401. The van der Waals surface area contributed by atoms with E-state index in [9.17, 15) is 9.59 Å². The fourth-order valence-corrected chi connectivity index (χ4v) is 4.77. The molecule has 5 rings (SSSR count). The molecule has 0 saturated carbocycles. The molecule has 3 saturated heterocycles. The van der Waals surface area contributed by atoms with E-state index in [1.54, 1.807) is 22.0 Å². The molecular weight excluding hydrogens is 422 g/mol. The van der Waals surface area contributed by atoms with Crippen LogP contribution in [0.4, 0.5) is 5.69 Å². The Hall–Kier alpha value is -2.91. The highest BCUT2D eigenvalue weighted by Gasteiger charge is 2.29. The van der Waals surface area contributed by atoms with E-state index in [0.29, 0.717) is 58.2 Å². The molecule has 2 amide bonds. The minimum Gasteiger partial charge on any atom is -0.378 e. The van der Waals surface area contributed by atoms with Crippen LogP contribution in [0.3, 0.4) is 0 Å². The molecule has 176 valence electrons. The number of hydrogen-bond acceptors (Lipinski definition) is 6. The summed E-state index contributed by atoms with van der Waals surface area (Å²) in [5, 5.41) is 4.39.